The molecule has 0 amide bonds. The van der Waals surface area contributed by atoms with E-state index in [1.54, 1.807) is 18.2 Å². The summed E-state index contributed by atoms with van der Waals surface area (Å²) in [4.78, 5) is 0.266. The number of sulfone groups is 1. The number of rotatable bonds is 3. The molecule has 0 aliphatic rings. The van der Waals surface area contributed by atoms with Gasteiger partial charge in [0, 0.05) is 10.0 Å². The summed E-state index contributed by atoms with van der Waals surface area (Å²) in [6.07, 6.45) is 0. The molecule has 2 aromatic rings. The van der Waals surface area contributed by atoms with Gasteiger partial charge in [-0.25, -0.2) is 8.42 Å². The molecule has 0 N–H and O–H groups in total. The van der Waals surface area contributed by atoms with E-state index in [-0.39, 0.29) is 4.90 Å². The summed E-state index contributed by atoms with van der Waals surface area (Å²) in [5, 5.41) is -0.416. The molecule has 5 heteroatoms. The molecule has 0 bridgehead atoms. The number of alkyl halides is 1. The van der Waals surface area contributed by atoms with Crippen molar-refractivity contribution in [2.45, 2.75) is 4.90 Å². The molecule has 94 valence electrons. The molecule has 0 atom stereocenters. The zero-order valence-corrected chi connectivity index (χ0v) is 12.5. The lowest BCUT2D eigenvalue weighted by atomic mass is 10.1. The molecular weight excluding hydrogens is 336 g/mol. The maximum absolute atomic E-state index is 11.9. The molecule has 0 saturated carbocycles. The molecule has 2 nitrogen and oxygen atoms in total. The highest BCUT2D eigenvalue weighted by Crippen LogP contribution is 2.29. The van der Waals surface area contributed by atoms with Crippen molar-refractivity contribution in [3.05, 3.63) is 53.0 Å². The second kappa shape index (κ2) is 5.43. The Bertz CT molecular complexity index is 651. The third-order valence-electron chi connectivity index (χ3n) is 2.52. The average Bonchev–Trinajstić information content (AvgIpc) is 2.40. The first-order chi connectivity index (χ1) is 8.54. The Morgan fingerprint density at radius 3 is 2.22 bits per heavy atom. The largest absolute Gasteiger partial charge is 0.222 e. The highest BCUT2D eigenvalue weighted by atomic mass is 79.9. The Labute approximate surface area is 120 Å². The van der Waals surface area contributed by atoms with Crippen molar-refractivity contribution < 1.29 is 8.42 Å². The van der Waals surface area contributed by atoms with Gasteiger partial charge in [0.25, 0.3) is 0 Å². The molecule has 2 aromatic carbocycles. The summed E-state index contributed by atoms with van der Waals surface area (Å²) in [5.74, 6) is 0. The molecule has 0 heterocycles. The van der Waals surface area contributed by atoms with E-state index in [9.17, 15) is 8.42 Å². The van der Waals surface area contributed by atoms with Gasteiger partial charge in [-0.15, -0.1) is 11.6 Å². The van der Waals surface area contributed by atoms with Gasteiger partial charge in [0.2, 0.25) is 0 Å². The Balaban J connectivity index is 2.62. The van der Waals surface area contributed by atoms with E-state index in [1.165, 1.54) is 0 Å². The summed E-state index contributed by atoms with van der Waals surface area (Å²) in [6.45, 7) is 0. The second-order valence-corrected chi connectivity index (χ2v) is 7.18. The maximum atomic E-state index is 11.9. The number of hydrogen-bond donors (Lipinski definition) is 0. The van der Waals surface area contributed by atoms with Crippen molar-refractivity contribution in [2.24, 2.45) is 0 Å². The van der Waals surface area contributed by atoms with Gasteiger partial charge in [0.05, 0.1) is 4.90 Å². The summed E-state index contributed by atoms with van der Waals surface area (Å²) in [6, 6.07) is 14.3. The average molecular weight is 346 g/mol. The van der Waals surface area contributed by atoms with Crippen molar-refractivity contribution in [3.63, 3.8) is 0 Å². The van der Waals surface area contributed by atoms with E-state index in [1.807, 2.05) is 30.3 Å². The standard InChI is InChI=1S/C13H10BrClO2S/c14-11-7-5-10(6-8-11)12-3-1-2-4-13(12)18(16,17)9-15/h1-8H,9H2. The van der Waals surface area contributed by atoms with Crippen LogP contribution in [0.3, 0.4) is 0 Å². The summed E-state index contributed by atoms with van der Waals surface area (Å²) < 4.78 is 24.8. The van der Waals surface area contributed by atoms with E-state index < -0.39 is 15.0 Å². The fourth-order valence-corrected chi connectivity index (χ4v) is 3.21. The first kappa shape index (κ1) is 13.6. The van der Waals surface area contributed by atoms with Crippen LogP contribution < -0.4 is 0 Å². The third kappa shape index (κ3) is 2.76. The van der Waals surface area contributed by atoms with Gasteiger partial charge in [0.1, 0.15) is 5.21 Å². The smallest absolute Gasteiger partial charge is 0.192 e. The highest BCUT2D eigenvalue weighted by Gasteiger charge is 2.17. The van der Waals surface area contributed by atoms with Gasteiger partial charge in [-0.2, -0.15) is 0 Å². The topological polar surface area (TPSA) is 34.1 Å². The van der Waals surface area contributed by atoms with Gasteiger partial charge < -0.3 is 0 Å². The first-order valence-electron chi connectivity index (χ1n) is 5.18. The van der Waals surface area contributed by atoms with Crippen LogP contribution in [-0.2, 0) is 9.84 Å². The lowest BCUT2D eigenvalue weighted by molar-refractivity contribution is 0.601. The molecule has 0 unspecified atom stereocenters. The fourth-order valence-electron chi connectivity index (χ4n) is 1.66. The molecule has 0 aliphatic carbocycles. The van der Waals surface area contributed by atoms with Crippen LogP contribution >= 0.6 is 27.5 Å². The van der Waals surface area contributed by atoms with E-state index >= 15 is 0 Å². The third-order valence-corrected chi connectivity index (χ3v) is 5.22. The minimum Gasteiger partial charge on any atom is -0.222 e. The normalized spacial score (nSPS) is 11.4. The summed E-state index contributed by atoms with van der Waals surface area (Å²) in [5.41, 5.74) is 1.52. The van der Waals surface area contributed by atoms with Crippen LogP contribution in [0, 0.1) is 0 Å². The van der Waals surface area contributed by atoms with E-state index in [2.05, 4.69) is 15.9 Å². The highest BCUT2D eigenvalue weighted by molar-refractivity contribution is 9.10. The maximum Gasteiger partial charge on any atom is 0.192 e. The quantitative estimate of drug-likeness (QED) is 0.785. The van der Waals surface area contributed by atoms with Crippen molar-refractivity contribution in [1.82, 2.24) is 0 Å². The molecule has 2 rings (SSSR count). The van der Waals surface area contributed by atoms with Gasteiger partial charge in [-0.3, -0.25) is 0 Å². The van der Waals surface area contributed by atoms with Crippen LogP contribution in [0.15, 0.2) is 57.9 Å². The van der Waals surface area contributed by atoms with Crippen LogP contribution in [0.2, 0.25) is 0 Å². The van der Waals surface area contributed by atoms with Gasteiger partial charge >= 0.3 is 0 Å². The Morgan fingerprint density at radius 1 is 1.00 bits per heavy atom. The molecule has 18 heavy (non-hydrogen) atoms. The molecule has 0 aromatic heterocycles. The molecule has 0 aliphatic heterocycles. The van der Waals surface area contributed by atoms with Crippen LogP contribution in [0.4, 0.5) is 0 Å². The molecular formula is C13H10BrClO2S. The molecule has 0 saturated heterocycles. The van der Waals surface area contributed by atoms with Crippen LogP contribution in [0.5, 0.6) is 0 Å². The Hall–Kier alpha value is -0.840. The monoisotopic (exact) mass is 344 g/mol. The molecule has 0 radical (unpaired) electrons. The molecule has 0 fully saturated rings. The van der Waals surface area contributed by atoms with Crippen LogP contribution in [0.1, 0.15) is 0 Å². The fraction of sp³-hybridized carbons (Fsp3) is 0.0769. The predicted octanol–water partition coefficient (Wildman–Crippen LogP) is 4.09. The van der Waals surface area contributed by atoms with Gasteiger partial charge in [-0.1, -0.05) is 46.3 Å². The van der Waals surface area contributed by atoms with E-state index in [4.69, 9.17) is 11.6 Å². The summed E-state index contributed by atoms with van der Waals surface area (Å²) in [7, 11) is -3.43. The number of hydrogen-bond acceptors (Lipinski definition) is 2. The summed E-state index contributed by atoms with van der Waals surface area (Å²) >= 11 is 8.87. The van der Waals surface area contributed by atoms with Gasteiger partial charge in [-0.05, 0) is 23.8 Å². The Morgan fingerprint density at radius 2 is 1.61 bits per heavy atom. The SMILES string of the molecule is O=S(=O)(CCl)c1ccccc1-c1ccc(Br)cc1. The predicted molar refractivity (Wildman–Crippen MR) is 77.5 cm³/mol. The van der Waals surface area contributed by atoms with Crippen molar-refractivity contribution in [3.8, 4) is 11.1 Å². The first-order valence-corrected chi connectivity index (χ1v) is 8.16. The van der Waals surface area contributed by atoms with Crippen molar-refractivity contribution in [2.75, 3.05) is 5.21 Å². The second-order valence-electron chi connectivity index (χ2n) is 3.73. The number of benzene rings is 2. The minimum absolute atomic E-state index is 0.266. The Kier molecular flexibility index (Phi) is 4.10. The lowest BCUT2D eigenvalue weighted by Gasteiger charge is -2.09. The van der Waals surface area contributed by atoms with Crippen molar-refractivity contribution >= 4 is 37.4 Å². The minimum atomic E-state index is -3.43. The lowest BCUT2D eigenvalue weighted by Crippen LogP contribution is -2.03. The van der Waals surface area contributed by atoms with Crippen LogP contribution in [-0.4, -0.2) is 13.6 Å². The van der Waals surface area contributed by atoms with Crippen LogP contribution in [0.25, 0.3) is 11.1 Å². The van der Waals surface area contributed by atoms with E-state index in [0.29, 0.717) is 5.56 Å². The van der Waals surface area contributed by atoms with Gasteiger partial charge in [0.15, 0.2) is 9.84 Å². The number of halogens is 2. The molecule has 0 spiro atoms. The van der Waals surface area contributed by atoms with Crippen molar-refractivity contribution in [1.29, 1.82) is 0 Å². The van der Waals surface area contributed by atoms with E-state index in [0.717, 1.165) is 10.0 Å². The zero-order chi connectivity index (χ0) is 13.2. The zero-order valence-electron chi connectivity index (χ0n) is 9.31.